The average molecular weight is 379 g/mol. The SMILES string of the molecule is OCc1c(-c2cccc(Oc3ccccc3)c2)noc1-c1ccc(F)c(F)c1. The molecule has 0 spiro atoms. The summed E-state index contributed by atoms with van der Waals surface area (Å²) in [7, 11) is 0. The molecule has 28 heavy (non-hydrogen) atoms. The molecular formula is C22H15F2NO3. The Morgan fingerprint density at radius 1 is 0.821 bits per heavy atom. The van der Waals surface area contributed by atoms with Crippen molar-refractivity contribution in [2.24, 2.45) is 0 Å². The van der Waals surface area contributed by atoms with Gasteiger partial charge in [-0.2, -0.15) is 0 Å². The van der Waals surface area contributed by atoms with Crippen LogP contribution in [0.15, 0.2) is 77.3 Å². The highest BCUT2D eigenvalue weighted by molar-refractivity contribution is 5.73. The van der Waals surface area contributed by atoms with Gasteiger partial charge in [0, 0.05) is 11.1 Å². The van der Waals surface area contributed by atoms with Crippen LogP contribution >= 0.6 is 0 Å². The average Bonchev–Trinajstić information content (AvgIpc) is 3.15. The van der Waals surface area contributed by atoms with E-state index in [0.29, 0.717) is 33.9 Å². The molecular weight excluding hydrogens is 364 g/mol. The van der Waals surface area contributed by atoms with Gasteiger partial charge in [-0.15, -0.1) is 0 Å². The fourth-order valence-electron chi connectivity index (χ4n) is 2.88. The molecule has 0 amide bonds. The third-order valence-electron chi connectivity index (χ3n) is 4.21. The quantitative estimate of drug-likeness (QED) is 0.492. The minimum Gasteiger partial charge on any atom is -0.457 e. The van der Waals surface area contributed by atoms with E-state index in [1.54, 1.807) is 24.3 Å². The number of benzene rings is 3. The number of aliphatic hydroxyl groups is 1. The van der Waals surface area contributed by atoms with Crippen molar-refractivity contribution in [1.29, 1.82) is 0 Å². The summed E-state index contributed by atoms with van der Waals surface area (Å²) in [4.78, 5) is 0. The van der Waals surface area contributed by atoms with Crippen molar-refractivity contribution in [2.75, 3.05) is 0 Å². The first kappa shape index (κ1) is 17.9. The highest BCUT2D eigenvalue weighted by Gasteiger charge is 2.20. The Balaban J connectivity index is 1.71. The van der Waals surface area contributed by atoms with E-state index in [4.69, 9.17) is 9.26 Å². The van der Waals surface area contributed by atoms with Crippen LogP contribution in [-0.4, -0.2) is 10.3 Å². The first-order valence-corrected chi connectivity index (χ1v) is 8.54. The highest BCUT2D eigenvalue weighted by Crippen LogP contribution is 2.34. The van der Waals surface area contributed by atoms with Crippen molar-refractivity contribution in [2.45, 2.75) is 6.61 Å². The molecule has 0 unspecified atom stereocenters. The minimum atomic E-state index is -1.00. The van der Waals surface area contributed by atoms with Crippen molar-refractivity contribution in [1.82, 2.24) is 5.16 Å². The first-order chi connectivity index (χ1) is 13.7. The molecule has 0 aliphatic rings. The number of hydrogen-bond donors (Lipinski definition) is 1. The Morgan fingerprint density at radius 3 is 2.36 bits per heavy atom. The second-order valence-electron chi connectivity index (χ2n) is 6.07. The predicted molar refractivity (Wildman–Crippen MR) is 99.7 cm³/mol. The molecule has 0 bridgehead atoms. The van der Waals surface area contributed by atoms with Crippen molar-refractivity contribution in [3.05, 3.63) is 90.0 Å². The van der Waals surface area contributed by atoms with Crippen molar-refractivity contribution >= 4 is 0 Å². The van der Waals surface area contributed by atoms with Crippen LogP contribution in [0.3, 0.4) is 0 Å². The molecule has 3 aromatic carbocycles. The van der Waals surface area contributed by atoms with Gasteiger partial charge in [0.05, 0.1) is 12.2 Å². The Labute approximate surface area is 159 Å². The van der Waals surface area contributed by atoms with E-state index in [2.05, 4.69) is 5.16 Å². The zero-order valence-electron chi connectivity index (χ0n) is 14.6. The summed E-state index contributed by atoms with van der Waals surface area (Å²) in [6.45, 7) is -0.378. The lowest BCUT2D eigenvalue weighted by atomic mass is 10.0. The van der Waals surface area contributed by atoms with E-state index in [1.165, 1.54) is 6.07 Å². The molecule has 0 fully saturated rings. The van der Waals surface area contributed by atoms with Gasteiger partial charge in [0.25, 0.3) is 0 Å². The maximum absolute atomic E-state index is 13.6. The molecule has 0 aliphatic carbocycles. The largest absolute Gasteiger partial charge is 0.457 e. The molecule has 0 atom stereocenters. The van der Waals surface area contributed by atoms with Crippen LogP contribution in [0.4, 0.5) is 8.78 Å². The minimum absolute atomic E-state index is 0.186. The Hall–Kier alpha value is -3.51. The molecule has 0 aliphatic heterocycles. The number of aromatic nitrogens is 1. The summed E-state index contributed by atoms with van der Waals surface area (Å²) in [5.41, 5.74) is 1.73. The molecule has 0 radical (unpaired) electrons. The van der Waals surface area contributed by atoms with Gasteiger partial charge >= 0.3 is 0 Å². The van der Waals surface area contributed by atoms with Gasteiger partial charge in [-0.1, -0.05) is 35.5 Å². The van der Waals surface area contributed by atoms with Crippen LogP contribution in [-0.2, 0) is 6.61 Å². The van der Waals surface area contributed by atoms with Crippen LogP contribution in [0.5, 0.6) is 11.5 Å². The molecule has 0 saturated carbocycles. The monoisotopic (exact) mass is 379 g/mol. The smallest absolute Gasteiger partial charge is 0.173 e. The number of nitrogens with zero attached hydrogens (tertiary/aromatic N) is 1. The van der Waals surface area contributed by atoms with E-state index < -0.39 is 11.6 Å². The van der Waals surface area contributed by atoms with E-state index in [1.807, 2.05) is 30.3 Å². The zero-order valence-corrected chi connectivity index (χ0v) is 14.6. The third-order valence-corrected chi connectivity index (χ3v) is 4.21. The fraction of sp³-hybridized carbons (Fsp3) is 0.0455. The van der Waals surface area contributed by atoms with Crippen molar-refractivity contribution in [3.63, 3.8) is 0 Å². The van der Waals surface area contributed by atoms with Crippen LogP contribution < -0.4 is 4.74 Å². The molecule has 140 valence electrons. The standard InChI is InChI=1S/C22H15F2NO3/c23-19-10-9-15(12-20(19)24)22-18(13-26)21(25-28-22)14-5-4-8-17(11-14)27-16-6-2-1-3-7-16/h1-12,26H,13H2. The second-order valence-corrected chi connectivity index (χ2v) is 6.07. The van der Waals surface area contributed by atoms with E-state index >= 15 is 0 Å². The van der Waals surface area contributed by atoms with E-state index in [0.717, 1.165) is 12.1 Å². The zero-order chi connectivity index (χ0) is 19.5. The molecule has 0 saturated heterocycles. The number of halogens is 2. The van der Waals surface area contributed by atoms with Gasteiger partial charge in [0.15, 0.2) is 17.4 Å². The Bertz CT molecular complexity index is 1110. The van der Waals surface area contributed by atoms with Crippen molar-refractivity contribution < 1.29 is 23.1 Å². The maximum atomic E-state index is 13.6. The highest BCUT2D eigenvalue weighted by atomic mass is 19.2. The van der Waals surface area contributed by atoms with Crippen LogP contribution in [0.25, 0.3) is 22.6 Å². The second kappa shape index (κ2) is 7.62. The summed E-state index contributed by atoms with van der Waals surface area (Å²) < 4.78 is 37.9. The molecule has 4 aromatic rings. The molecule has 6 heteroatoms. The van der Waals surface area contributed by atoms with E-state index in [-0.39, 0.29) is 12.4 Å². The van der Waals surface area contributed by atoms with Crippen molar-refractivity contribution in [3.8, 4) is 34.1 Å². The lowest BCUT2D eigenvalue weighted by Crippen LogP contribution is -1.91. The topological polar surface area (TPSA) is 55.5 Å². The normalized spacial score (nSPS) is 10.8. The van der Waals surface area contributed by atoms with Gasteiger partial charge < -0.3 is 14.4 Å². The molecule has 1 heterocycles. The summed E-state index contributed by atoms with van der Waals surface area (Å²) in [5.74, 6) is -0.502. The maximum Gasteiger partial charge on any atom is 0.173 e. The van der Waals surface area contributed by atoms with Crippen LogP contribution in [0.2, 0.25) is 0 Å². The number of hydrogen-bond acceptors (Lipinski definition) is 4. The molecule has 1 aromatic heterocycles. The molecule has 4 nitrogen and oxygen atoms in total. The summed E-state index contributed by atoms with van der Waals surface area (Å²) >= 11 is 0. The summed E-state index contributed by atoms with van der Waals surface area (Å²) in [6.07, 6.45) is 0. The van der Waals surface area contributed by atoms with Crippen LogP contribution in [0, 0.1) is 11.6 Å². The third kappa shape index (κ3) is 3.50. The summed E-state index contributed by atoms with van der Waals surface area (Å²) in [5, 5.41) is 13.9. The number of aliphatic hydroxyl groups excluding tert-OH is 1. The van der Waals surface area contributed by atoms with Gasteiger partial charge in [-0.05, 0) is 42.5 Å². The molecule has 1 N–H and O–H groups in total. The van der Waals surface area contributed by atoms with Gasteiger partial charge in [-0.25, -0.2) is 8.78 Å². The lowest BCUT2D eigenvalue weighted by Gasteiger charge is -2.07. The van der Waals surface area contributed by atoms with Gasteiger partial charge in [0.2, 0.25) is 0 Å². The lowest BCUT2D eigenvalue weighted by molar-refractivity contribution is 0.281. The fourth-order valence-corrected chi connectivity index (χ4v) is 2.88. The van der Waals surface area contributed by atoms with Gasteiger partial charge in [0.1, 0.15) is 17.2 Å². The van der Waals surface area contributed by atoms with E-state index in [9.17, 15) is 13.9 Å². The predicted octanol–water partition coefficient (Wildman–Crippen LogP) is 5.57. The first-order valence-electron chi connectivity index (χ1n) is 8.54. The molecule has 4 rings (SSSR count). The number of ether oxygens (including phenoxy) is 1. The number of para-hydroxylation sites is 1. The Kier molecular flexibility index (Phi) is 4.87. The summed E-state index contributed by atoms with van der Waals surface area (Å²) in [6, 6.07) is 19.8. The van der Waals surface area contributed by atoms with Gasteiger partial charge in [-0.3, -0.25) is 0 Å². The number of rotatable bonds is 5. The van der Waals surface area contributed by atoms with Crippen LogP contribution in [0.1, 0.15) is 5.56 Å². The Morgan fingerprint density at radius 2 is 1.61 bits per heavy atom.